The second-order valence-corrected chi connectivity index (χ2v) is 6.95. The van der Waals surface area contributed by atoms with Gasteiger partial charge in [-0.2, -0.15) is 0 Å². The molecule has 0 spiro atoms. The molecule has 1 aromatic heterocycles. The van der Waals surface area contributed by atoms with E-state index in [0.29, 0.717) is 22.7 Å². The molecule has 0 saturated carbocycles. The topological polar surface area (TPSA) is 64.4 Å². The number of fused-ring (bicyclic) bond motifs is 2. The van der Waals surface area contributed by atoms with Gasteiger partial charge in [0.25, 0.3) is 5.91 Å². The molecular formula is C25H18N2O3. The van der Waals surface area contributed by atoms with Crippen LogP contribution in [0.1, 0.15) is 10.4 Å². The van der Waals surface area contributed by atoms with E-state index in [9.17, 15) is 4.79 Å². The minimum atomic E-state index is -0.150. The van der Waals surface area contributed by atoms with E-state index in [1.807, 2.05) is 84.9 Å². The minimum absolute atomic E-state index is 0.150. The lowest BCUT2D eigenvalue weighted by Crippen LogP contribution is -2.11. The number of carbonyl (C=O) groups excluding carboxylic acids is 1. The number of carbonyl (C=O) groups is 1. The number of benzene rings is 4. The first-order valence-electron chi connectivity index (χ1n) is 9.55. The molecule has 5 nitrogen and oxygen atoms in total. The summed E-state index contributed by atoms with van der Waals surface area (Å²) in [7, 11) is 1.62. The SMILES string of the molecule is COc1ccc2oc(-c3ccc(NC(=O)c4ccc5ccccc5c4)cc3)nc2c1. The molecule has 1 heterocycles. The van der Waals surface area contributed by atoms with E-state index < -0.39 is 0 Å². The highest BCUT2D eigenvalue weighted by Crippen LogP contribution is 2.28. The summed E-state index contributed by atoms with van der Waals surface area (Å²) in [6.07, 6.45) is 0. The third-order valence-electron chi connectivity index (χ3n) is 5.00. The van der Waals surface area contributed by atoms with Gasteiger partial charge in [0.1, 0.15) is 11.3 Å². The summed E-state index contributed by atoms with van der Waals surface area (Å²) in [5.74, 6) is 1.10. The Morgan fingerprint density at radius 1 is 0.900 bits per heavy atom. The van der Waals surface area contributed by atoms with Crippen LogP contribution < -0.4 is 10.1 Å². The molecule has 5 rings (SSSR count). The largest absolute Gasteiger partial charge is 0.497 e. The fourth-order valence-corrected chi connectivity index (χ4v) is 3.39. The van der Waals surface area contributed by atoms with Crippen LogP contribution in [-0.4, -0.2) is 18.0 Å². The molecule has 1 N–H and O–H groups in total. The zero-order valence-corrected chi connectivity index (χ0v) is 16.3. The van der Waals surface area contributed by atoms with Gasteiger partial charge >= 0.3 is 0 Å². The van der Waals surface area contributed by atoms with Gasteiger partial charge in [-0.15, -0.1) is 0 Å². The van der Waals surface area contributed by atoms with Gasteiger partial charge in [-0.1, -0.05) is 30.3 Å². The lowest BCUT2D eigenvalue weighted by atomic mass is 10.1. The fourth-order valence-electron chi connectivity index (χ4n) is 3.39. The van der Waals surface area contributed by atoms with Crippen LogP contribution in [0.3, 0.4) is 0 Å². The summed E-state index contributed by atoms with van der Waals surface area (Å²) in [5.41, 5.74) is 3.58. The monoisotopic (exact) mass is 394 g/mol. The number of aromatic nitrogens is 1. The van der Waals surface area contributed by atoms with Crippen molar-refractivity contribution in [1.82, 2.24) is 4.98 Å². The Morgan fingerprint density at radius 3 is 2.50 bits per heavy atom. The van der Waals surface area contributed by atoms with Crippen molar-refractivity contribution in [2.45, 2.75) is 0 Å². The van der Waals surface area contributed by atoms with Crippen molar-refractivity contribution >= 4 is 33.5 Å². The number of methoxy groups -OCH3 is 1. The maximum Gasteiger partial charge on any atom is 0.255 e. The van der Waals surface area contributed by atoms with Gasteiger partial charge in [0, 0.05) is 22.9 Å². The summed E-state index contributed by atoms with van der Waals surface area (Å²) in [6, 6.07) is 26.6. The molecule has 0 fully saturated rings. The predicted molar refractivity (Wildman–Crippen MR) is 118 cm³/mol. The normalized spacial score (nSPS) is 11.0. The Hall–Kier alpha value is -4.12. The van der Waals surface area contributed by atoms with Crippen LogP contribution >= 0.6 is 0 Å². The van der Waals surface area contributed by atoms with Crippen LogP contribution in [0.4, 0.5) is 5.69 Å². The van der Waals surface area contributed by atoms with E-state index in [1.165, 1.54) is 0 Å². The number of rotatable bonds is 4. The molecule has 0 saturated heterocycles. The van der Waals surface area contributed by atoms with Gasteiger partial charge in [-0.05, 0) is 59.3 Å². The molecule has 0 aliphatic heterocycles. The molecule has 5 aromatic rings. The van der Waals surface area contributed by atoms with Crippen LogP contribution in [0.25, 0.3) is 33.3 Å². The third kappa shape index (κ3) is 3.37. The van der Waals surface area contributed by atoms with Crippen molar-refractivity contribution < 1.29 is 13.9 Å². The standard InChI is InChI=1S/C25H18N2O3/c1-29-21-12-13-23-22(15-21)27-25(30-23)17-8-10-20(11-9-17)26-24(28)19-7-6-16-4-2-3-5-18(16)14-19/h2-15H,1H3,(H,26,28). The number of hydrogen-bond acceptors (Lipinski definition) is 4. The number of amides is 1. The molecule has 5 heteroatoms. The molecule has 30 heavy (non-hydrogen) atoms. The van der Waals surface area contributed by atoms with Crippen LogP contribution in [-0.2, 0) is 0 Å². The van der Waals surface area contributed by atoms with Crippen molar-refractivity contribution in [2.24, 2.45) is 0 Å². The highest BCUT2D eigenvalue weighted by Gasteiger charge is 2.11. The van der Waals surface area contributed by atoms with Crippen LogP contribution in [0.15, 0.2) is 89.3 Å². The highest BCUT2D eigenvalue weighted by atomic mass is 16.5. The van der Waals surface area contributed by atoms with E-state index in [-0.39, 0.29) is 5.91 Å². The van der Waals surface area contributed by atoms with Crippen molar-refractivity contribution in [3.63, 3.8) is 0 Å². The summed E-state index contributed by atoms with van der Waals surface area (Å²) in [6.45, 7) is 0. The molecule has 0 radical (unpaired) electrons. The summed E-state index contributed by atoms with van der Waals surface area (Å²) >= 11 is 0. The Morgan fingerprint density at radius 2 is 1.70 bits per heavy atom. The number of ether oxygens (including phenoxy) is 1. The number of anilines is 1. The molecule has 146 valence electrons. The first-order valence-corrected chi connectivity index (χ1v) is 9.55. The van der Waals surface area contributed by atoms with E-state index in [2.05, 4.69) is 10.3 Å². The molecule has 0 unspecified atom stereocenters. The van der Waals surface area contributed by atoms with Crippen LogP contribution in [0.2, 0.25) is 0 Å². The smallest absolute Gasteiger partial charge is 0.255 e. The zero-order valence-electron chi connectivity index (χ0n) is 16.3. The van der Waals surface area contributed by atoms with E-state index in [0.717, 1.165) is 27.6 Å². The van der Waals surface area contributed by atoms with Crippen molar-refractivity contribution in [2.75, 3.05) is 12.4 Å². The van der Waals surface area contributed by atoms with Crippen molar-refractivity contribution in [3.8, 4) is 17.2 Å². The van der Waals surface area contributed by atoms with Crippen LogP contribution in [0, 0.1) is 0 Å². The predicted octanol–water partition coefficient (Wildman–Crippen LogP) is 5.91. The number of hydrogen-bond donors (Lipinski definition) is 1. The van der Waals surface area contributed by atoms with Gasteiger partial charge in [0.2, 0.25) is 5.89 Å². The zero-order chi connectivity index (χ0) is 20.5. The Bertz CT molecular complexity index is 1370. The Labute approximate surface area is 172 Å². The quantitative estimate of drug-likeness (QED) is 0.412. The lowest BCUT2D eigenvalue weighted by molar-refractivity contribution is 0.102. The summed E-state index contributed by atoms with van der Waals surface area (Å²) in [4.78, 5) is 17.2. The van der Waals surface area contributed by atoms with E-state index in [4.69, 9.17) is 9.15 Å². The molecule has 1 amide bonds. The van der Waals surface area contributed by atoms with Gasteiger partial charge in [0.05, 0.1) is 7.11 Å². The van der Waals surface area contributed by atoms with Crippen molar-refractivity contribution in [3.05, 3.63) is 90.5 Å². The van der Waals surface area contributed by atoms with E-state index >= 15 is 0 Å². The summed E-state index contributed by atoms with van der Waals surface area (Å²) < 4.78 is 11.1. The van der Waals surface area contributed by atoms with Crippen LogP contribution in [0.5, 0.6) is 5.75 Å². The second kappa shape index (κ2) is 7.37. The highest BCUT2D eigenvalue weighted by molar-refractivity contribution is 6.06. The first-order chi connectivity index (χ1) is 14.7. The number of nitrogens with one attached hydrogen (secondary N) is 1. The minimum Gasteiger partial charge on any atom is -0.497 e. The van der Waals surface area contributed by atoms with E-state index in [1.54, 1.807) is 7.11 Å². The molecular weight excluding hydrogens is 376 g/mol. The molecule has 0 bridgehead atoms. The molecule has 4 aromatic carbocycles. The maximum absolute atomic E-state index is 12.6. The Balaban J connectivity index is 1.36. The van der Waals surface area contributed by atoms with Gasteiger partial charge in [-0.25, -0.2) is 4.98 Å². The average molecular weight is 394 g/mol. The number of nitrogens with zero attached hydrogens (tertiary/aromatic N) is 1. The molecule has 0 aliphatic carbocycles. The Kier molecular flexibility index (Phi) is 4.41. The molecule has 0 atom stereocenters. The van der Waals surface area contributed by atoms with Gasteiger partial charge in [0.15, 0.2) is 5.58 Å². The van der Waals surface area contributed by atoms with Gasteiger partial charge in [-0.3, -0.25) is 4.79 Å². The van der Waals surface area contributed by atoms with Gasteiger partial charge < -0.3 is 14.5 Å². The molecule has 0 aliphatic rings. The lowest BCUT2D eigenvalue weighted by Gasteiger charge is -2.07. The third-order valence-corrected chi connectivity index (χ3v) is 5.00. The average Bonchev–Trinajstić information content (AvgIpc) is 3.22. The first kappa shape index (κ1) is 17.9. The number of oxazole rings is 1. The second-order valence-electron chi connectivity index (χ2n) is 6.95. The summed E-state index contributed by atoms with van der Waals surface area (Å²) in [5, 5.41) is 5.08. The van der Waals surface area contributed by atoms with Crippen molar-refractivity contribution in [1.29, 1.82) is 0 Å². The maximum atomic E-state index is 12.6. The fraction of sp³-hybridized carbons (Fsp3) is 0.0400.